The third-order valence-electron chi connectivity index (χ3n) is 3.17. The van der Waals surface area contributed by atoms with Crippen molar-refractivity contribution in [2.24, 2.45) is 11.7 Å². The lowest BCUT2D eigenvalue weighted by Crippen LogP contribution is -2.45. The van der Waals surface area contributed by atoms with Gasteiger partial charge in [-0.25, -0.2) is 0 Å². The van der Waals surface area contributed by atoms with Crippen LogP contribution in [0.1, 0.15) is 46.5 Å². The lowest BCUT2D eigenvalue weighted by atomic mass is 9.86. The lowest BCUT2D eigenvalue weighted by molar-refractivity contribution is 0.0918. The van der Waals surface area contributed by atoms with Gasteiger partial charge in [0, 0.05) is 12.1 Å². The highest BCUT2D eigenvalue weighted by Gasteiger charge is 2.36. The van der Waals surface area contributed by atoms with E-state index in [-0.39, 0.29) is 11.6 Å². The Morgan fingerprint density at radius 3 is 2.69 bits per heavy atom. The quantitative estimate of drug-likeness (QED) is 0.729. The SMILES string of the molecule is CC(C)CCCC1(N)CCOC1C. The van der Waals surface area contributed by atoms with Crippen LogP contribution in [0.4, 0.5) is 0 Å². The first kappa shape index (κ1) is 11.0. The van der Waals surface area contributed by atoms with E-state index in [1.54, 1.807) is 0 Å². The molecule has 0 aromatic heterocycles. The highest BCUT2D eigenvalue weighted by molar-refractivity contribution is 4.94. The first-order valence-corrected chi connectivity index (χ1v) is 5.45. The summed E-state index contributed by atoms with van der Waals surface area (Å²) in [5.74, 6) is 0.793. The Morgan fingerprint density at radius 2 is 2.23 bits per heavy atom. The number of nitrogens with two attached hydrogens (primary N) is 1. The molecule has 1 saturated heterocycles. The Balaban J connectivity index is 2.26. The third-order valence-corrected chi connectivity index (χ3v) is 3.17. The second-order valence-corrected chi connectivity index (χ2v) is 4.78. The van der Waals surface area contributed by atoms with E-state index >= 15 is 0 Å². The summed E-state index contributed by atoms with van der Waals surface area (Å²) >= 11 is 0. The van der Waals surface area contributed by atoms with Crippen molar-refractivity contribution in [3.05, 3.63) is 0 Å². The number of ether oxygens (including phenoxy) is 1. The fraction of sp³-hybridized carbons (Fsp3) is 1.00. The van der Waals surface area contributed by atoms with Crippen LogP contribution in [0, 0.1) is 5.92 Å². The van der Waals surface area contributed by atoms with E-state index in [4.69, 9.17) is 10.5 Å². The van der Waals surface area contributed by atoms with E-state index in [0.717, 1.165) is 25.4 Å². The zero-order valence-corrected chi connectivity index (χ0v) is 9.18. The van der Waals surface area contributed by atoms with Crippen molar-refractivity contribution in [2.75, 3.05) is 6.61 Å². The van der Waals surface area contributed by atoms with Gasteiger partial charge < -0.3 is 10.5 Å². The third kappa shape index (κ3) is 2.96. The largest absolute Gasteiger partial charge is 0.377 e. The molecule has 0 bridgehead atoms. The molecule has 1 aliphatic heterocycles. The minimum absolute atomic E-state index is 0.0328. The minimum Gasteiger partial charge on any atom is -0.377 e. The molecule has 13 heavy (non-hydrogen) atoms. The molecule has 0 aliphatic carbocycles. The molecule has 0 radical (unpaired) electrons. The predicted molar refractivity (Wildman–Crippen MR) is 55.6 cm³/mol. The molecule has 1 rings (SSSR count). The van der Waals surface area contributed by atoms with Gasteiger partial charge in [0.1, 0.15) is 0 Å². The van der Waals surface area contributed by atoms with Crippen molar-refractivity contribution in [1.29, 1.82) is 0 Å². The molecule has 0 aromatic rings. The summed E-state index contributed by atoms with van der Waals surface area (Å²) in [5, 5.41) is 0. The number of hydrogen-bond acceptors (Lipinski definition) is 2. The fourth-order valence-corrected chi connectivity index (χ4v) is 1.96. The molecule has 1 fully saturated rings. The van der Waals surface area contributed by atoms with Gasteiger partial charge >= 0.3 is 0 Å². The highest BCUT2D eigenvalue weighted by atomic mass is 16.5. The summed E-state index contributed by atoms with van der Waals surface area (Å²) in [7, 11) is 0. The van der Waals surface area contributed by atoms with Crippen molar-refractivity contribution >= 4 is 0 Å². The molecule has 2 heteroatoms. The van der Waals surface area contributed by atoms with E-state index in [9.17, 15) is 0 Å². The molecular weight excluding hydrogens is 162 g/mol. The van der Waals surface area contributed by atoms with E-state index in [1.165, 1.54) is 12.8 Å². The Labute approximate surface area is 81.8 Å². The maximum atomic E-state index is 6.26. The van der Waals surface area contributed by atoms with Crippen molar-refractivity contribution in [2.45, 2.75) is 58.1 Å². The van der Waals surface area contributed by atoms with Gasteiger partial charge in [0.15, 0.2) is 0 Å². The molecule has 0 aromatic carbocycles. The van der Waals surface area contributed by atoms with Gasteiger partial charge in [0.2, 0.25) is 0 Å². The Hall–Kier alpha value is -0.0800. The normalized spacial score (nSPS) is 34.4. The number of rotatable bonds is 4. The van der Waals surface area contributed by atoms with Crippen molar-refractivity contribution in [1.82, 2.24) is 0 Å². The van der Waals surface area contributed by atoms with Crippen LogP contribution < -0.4 is 5.73 Å². The van der Waals surface area contributed by atoms with Crippen LogP contribution in [-0.2, 0) is 4.74 Å². The molecule has 1 heterocycles. The van der Waals surface area contributed by atoms with Crippen molar-refractivity contribution in [3.63, 3.8) is 0 Å². The summed E-state index contributed by atoms with van der Waals surface area (Å²) in [4.78, 5) is 0. The van der Waals surface area contributed by atoms with Gasteiger partial charge in [-0.05, 0) is 25.7 Å². The summed E-state index contributed by atoms with van der Waals surface area (Å²) < 4.78 is 5.50. The Bertz CT molecular complexity index is 158. The zero-order chi connectivity index (χ0) is 9.90. The zero-order valence-electron chi connectivity index (χ0n) is 9.18. The second kappa shape index (κ2) is 4.43. The molecule has 0 spiro atoms. The molecule has 1 aliphatic rings. The maximum absolute atomic E-state index is 6.26. The predicted octanol–water partition coefficient (Wildman–Crippen LogP) is 2.32. The van der Waals surface area contributed by atoms with Gasteiger partial charge in [-0.3, -0.25) is 0 Å². The minimum atomic E-state index is -0.0328. The van der Waals surface area contributed by atoms with Crippen LogP contribution in [-0.4, -0.2) is 18.2 Å². The molecule has 2 nitrogen and oxygen atoms in total. The standard InChI is InChI=1S/C11H23NO/c1-9(2)5-4-6-11(12)7-8-13-10(11)3/h9-10H,4-8,12H2,1-3H3. The highest BCUT2D eigenvalue weighted by Crippen LogP contribution is 2.28. The van der Waals surface area contributed by atoms with Crippen LogP contribution in [0.2, 0.25) is 0 Å². The first-order valence-electron chi connectivity index (χ1n) is 5.45. The van der Waals surface area contributed by atoms with Crippen molar-refractivity contribution in [3.8, 4) is 0 Å². The summed E-state index contributed by atoms with van der Waals surface area (Å²) in [6.45, 7) is 7.47. The fourth-order valence-electron chi connectivity index (χ4n) is 1.96. The van der Waals surface area contributed by atoms with Crippen molar-refractivity contribution < 1.29 is 4.74 Å². The topological polar surface area (TPSA) is 35.2 Å². The van der Waals surface area contributed by atoms with Gasteiger partial charge in [-0.1, -0.05) is 26.7 Å². The molecule has 0 amide bonds. The average molecular weight is 185 g/mol. The smallest absolute Gasteiger partial charge is 0.0727 e. The molecule has 2 atom stereocenters. The summed E-state index contributed by atoms with van der Waals surface area (Å²) in [5.41, 5.74) is 6.23. The van der Waals surface area contributed by atoms with Gasteiger partial charge in [-0.2, -0.15) is 0 Å². The molecule has 2 N–H and O–H groups in total. The molecular formula is C11H23NO. The van der Waals surface area contributed by atoms with Crippen LogP contribution in [0.25, 0.3) is 0 Å². The van der Waals surface area contributed by atoms with Crippen LogP contribution in [0.15, 0.2) is 0 Å². The molecule has 0 saturated carbocycles. The second-order valence-electron chi connectivity index (χ2n) is 4.78. The summed E-state index contributed by atoms with van der Waals surface area (Å²) in [6, 6.07) is 0. The Morgan fingerprint density at radius 1 is 1.54 bits per heavy atom. The van der Waals surface area contributed by atoms with Gasteiger partial charge in [-0.15, -0.1) is 0 Å². The molecule has 78 valence electrons. The maximum Gasteiger partial charge on any atom is 0.0727 e. The lowest BCUT2D eigenvalue weighted by Gasteiger charge is -2.27. The van der Waals surface area contributed by atoms with E-state index < -0.39 is 0 Å². The molecule has 2 unspecified atom stereocenters. The monoisotopic (exact) mass is 185 g/mol. The van der Waals surface area contributed by atoms with Gasteiger partial charge in [0.25, 0.3) is 0 Å². The van der Waals surface area contributed by atoms with E-state index in [1.807, 2.05) is 0 Å². The average Bonchev–Trinajstić information content (AvgIpc) is 2.32. The van der Waals surface area contributed by atoms with E-state index in [0.29, 0.717) is 0 Å². The summed E-state index contributed by atoms with van der Waals surface area (Å²) in [6.07, 6.45) is 4.92. The van der Waals surface area contributed by atoms with Crippen LogP contribution in [0.5, 0.6) is 0 Å². The first-order chi connectivity index (χ1) is 6.04. The van der Waals surface area contributed by atoms with Crippen LogP contribution in [0.3, 0.4) is 0 Å². The van der Waals surface area contributed by atoms with Gasteiger partial charge in [0.05, 0.1) is 6.10 Å². The number of hydrogen-bond donors (Lipinski definition) is 1. The van der Waals surface area contributed by atoms with Crippen LogP contribution >= 0.6 is 0 Å². The van der Waals surface area contributed by atoms with E-state index in [2.05, 4.69) is 20.8 Å². The Kier molecular flexibility index (Phi) is 3.74.